The average molecular weight is 308 g/mol. The maximum atomic E-state index is 13.2. The number of hydrogen-bond donors (Lipinski definition) is 0. The van der Waals surface area contributed by atoms with E-state index in [9.17, 15) is 4.39 Å². The Morgan fingerprint density at radius 3 is 2.36 bits per heavy atom. The van der Waals surface area contributed by atoms with E-state index in [0.717, 1.165) is 24.8 Å². The van der Waals surface area contributed by atoms with Crippen LogP contribution in [0.25, 0.3) is 0 Å². The number of halogens is 1. The van der Waals surface area contributed by atoms with Gasteiger partial charge in [0.05, 0.1) is 11.2 Å². The van der Waals surface area contributed by atoms with Gasteiger partial charge in [0.2, 0.25) is 0 Å². The Balaban J connectivity index is 1.62. The molecule has 1 aromatic rings. The molecule has 0 unspecified atom stereocenters. The molecule has 2 fully saturated rings. The molecule has 0 spiro atoms. The number of rotatable bonds is 3. The third-order valence-electron chi connectivity index (χ3n) is 5.40. The summed E-state index contributed by atoms with van der Waals surface area (Å²) in [5.74, 6) is 0.526. The fraction of sp³-hybridized carbons (Fsp3) is 0.812. The molecule has 4 nitrogen and oxygen atoms in total. The van der Waals surface area contributed by atoms with Crippen molar-refractivity contribution in [3.63, 3.8) is 0 Å². The number of alkyl halides is 1. The highest BCUT2D eigenvalue weighted by Gasteiger charge is 2.52. The Morgan fingerprint density at radius 1 is 1.18 bits per heavy atom. The van der Waals surface area contributed by atoms with Gasteiger partial charge in [0.1, 0.15) is 6.17 Å². The molecule has 2 aliphatic rings. The first-order valence-electron chi connectivity index (χ1n) is 8.29. The summed E-state index contributed by atoms with van der Waals surface area (Å²) >= 11 is 0. The largest absolute Gasteiger partial charge is 0.498 e. The molecule has 0 amide bonds. The highest BCUT2D eigenvalue weighted by molar-refractivity contribution is 6.61. The molecule has 1 saturated heterocycles. The van der Waals surface area contributed by atoms with Crippen molar-refractivity contribution in [2.24, 2.45) is 5.92 Å². The third kappa shape index (κ3) is 3.09. The van der Waals surface area contributed by atoms with Crippen molar-refractivity contribution in [2.75, 3.05) is 0 Å². The van der Waals surface area contributed by atoms with Crippen LogP contribution in [0, 0.1) is 5.92 Å². The van der Waals surface area contributed by atoms with Gasteiger partial charge in [-0.15, -0.1) is 0 Å². The van der Waals surface area contributed by atoms with Gasteiger partial charge < -0.3 is 9.31 Å². The molecule has 1 saturated carbocycles. The standard InChI is InChI=1S/C16H26BFN2O2/c1-15(2)16(3,4)22-17(21-15)13-9-19-20(11-13)10-12-5-7-14(18)8-6-12/h9,11-12,14H,5-8,10H2,1-4H3. The van der Waals surface area contributed by atoms with Gasteiger partial charge in [0.15, 0.2) is 0 Å². The third-order valence-corrected chi connectivity index (χ3v) is 5.40. The van der Waals surface area contributed by atoms with Crippen molar-refractivity contribution in [3.8, 4) is 0 Å². The van der Waals surface area contributed by atoms with Gasteiger partial charge in [-0.25, -0.2) is 4.39 Å². The second-order valence-corrected chi connectivity index (χ2v) is 7.70. The first kappa shape index (κ1) is 16.0. The van der Waals surface area contributed by atoms with Crippen LogP contribution in [-0.4, -0.2) is 34.3 Å². The number of nitrogens with zero attached hydrogens (tertiary/aromatic N) is 2. The summed E-state index contributed by atoms with van der Waals surface area (Å²) in [5.41, 5.74) is 0.288. The maximum absolute atomic E-state index is 13.2. The number of aromatic nitrogens is 2. The Kier molecular flexibility index (Phi) is 4.10. The SMILES string of the molecule is CC1(C)OB(c2cnn(CC3CCC(F)CC3)c2)OC1(C)C. The van der Waals surface area contributed by atoms with Crippen molar-refractivity contribution < 1.29 is 13.7 Å². The molecule has 0 radical (unpaired) electrons. The van der Waals surface area contributed by atoms with Gasteiger partial charge in [-0.05, 0) is 59.3 Å². The van der Waals surface area contributed by atoms with Crippen LogP contribution in [0.4, 0.5) is 4.39 Å². The quantitative estimate of drug-likeness (QED) is 0.806. The fourth-order valence-corrected chi connectivity index (χ4v) is 3.15. The molecule has 1 aliphatic carbocycles. The minimum Gasteiger partial charge on any atom is -0.399 e. The molecular weight excluding hydrogens is 282 g/mol. The minimum atomic E-state index is -0.603. The first-order valence-corrected chi connectivity index (χ1v) is 8.29. The lowest BCUT2D eigenvalue weighted by Crippen LogP contribution is -2.41. The van der Waals surface area contributed by atoms with E-state index in [0.29, 0.717) is 18.8 Å². The average Bonchev–Trinajstić information content (AvgIpc) is 2.96. The zero-order valence-electron chi connectivity index (χ0n) is 14.0. The van der Waals surface area contributed by atoms with E-state index in [4.69, 9.17) is 9.31 Å². The molecule has 3 rings (SSSR count). The molecule has 22 heavy (non-hydrogen) atoms. The molecule has 0 bridgehead atoms. The minimum absolute atomic E-state index is 0.334. The van der Waals surface area contributed by atoms with E-state index in [-0.39, 0.29) is 18.3 Å². The second kappa shape index (κ2) is 5.64. The smallest absolute Gasteiger partial charge is 0.399 e. The van der Waals surface area contributed by atoms with Crippen LogP contribution in [0.1, 0.15) is 53.4 Å². The Labute approximate surface area is 132 Å². The Bertz CT molecular complexity index is 508. The summed E-state index contributed by atoms with van der Waals surface area (Å²) in [6, 6.07) is 0. The number of hydrogen-bond acceptors (Lipinski definition) is 3. The van der Waals surface area contributed by atoms with E-state index >= 15 is 0 Å². The molecule has 0 atom stereocenters. The summed E-state index contributed by atoms with van der Waals surface area (Å²) in [5, 5.41) is 4.43. The summed E-state index contributed by atoms with van der Waals surface area (Å²) in [7, 11) is -0.361. The van der Waals surface area contributed by atoms with E-state index in [1.165, 1.54) is 0 Å². The van der Waals surface area contributed by atoms with E-state index in [1.807, 2.05) is 44.8 Å². The Hall–Kier alpha value is -0.875. The molecule has 0 N–H and O–H groups in total. The lowest BCUT2D eigenvalue weighted by Gasteiger charge is -2.32. The summed E-state index contributed by atoms with van der Waals surface area (Å²) in [6.07, 6.45) is 6.51. The van der Waals surface area contributed by atoms with E-state index in [2.05, 4.69) is 5.10 Å². The predicted molar refractivity (Wildman–Crippen MR) is 84.8 cm³/mol. The van der Waals surface area contributed by atoms with Crippen molar-refractivity contribution in [3.05, 3.63) is 12.4 Å². The van der Waals surface area contributed by atoms with Gasteiger partial charge in [-0.3, -0.25) is 4.68 Å². The van der Waals surface area contributed by atoms with Gasteiger partial charge in [-0.2, -0.15) is 5.10 Å². The molecule has 1 aromatic heterocycles. The van der Waals surface area contributed by atoms with Crippen LogP contribution in [0.5, 0.6) is 0 Å². The molecular formula is C16H26BFN2O2. The van der Waals surface area contributed by atoms with Crippen molar-refractivity contribution in [2.45, 2.75) is 77.3 Å². The normalized spacial score (nSPS) is 30.7. The lowest BCUT2D eigenvalue weighted by molar-refractivity contribution is 0.00578. The summed E-state index contributed by atoms with van der Waals surface area (Å²) in [4.78, 5) is 0. The van der Waals surface area contributed by atoms with E-state index in [1.54, 1.807) is 0 Å². The highest BCUT2D eigenvalue weighted by Crippen LogP contribution is 2.36. The van der Waals surface area contributed by atoms with Crippen LogP contribution < -0.4 is 5.46 Å². The van der Waals surface area contributed by atoms with Crippen molar-refractivity contribution >= 4 is 12.6 Å². The van der Waals surface area contributed by atoms with Gasteiger partial charge in [0.25, 0.3) is 0 Å². The fourth-order valence-electron chi connectivity index (χ4n) is 3.15. The monoisotopic (exact) mass is 308 g/mol. The molecule has 0 aromatic carbocycles. The van der Waals surface area contributed by atoms with Crippen molar-refractivity contribution in [1.82, 2.24) is 9.78 Å². The van der Waals surface area contributed by atoms with E-state index < -0.39 is 6.17 Å². The lowest BCUT2D eigenvalue weighted by atomic mass is 9.82. The van der Waals surface area contributed by atoms with Crippen LogP contribution in [-0.2, 0) is 15.9 Å². The summed E-state index contributed by atoms with van der Waals surface area (Å²) < 4.78 is 27.2. The molecule has 2 heterocycles. The van der Waals surface area contributed by atoms with Crippen molar-refractivity contribution in [1.29, 1.82) is 0 Å². The predicted octanol–water partition coefficient (Wildman–Crippen LogP) is 2.71. The topological polar surface area (TPSA) is 36.3 Å². The van der Waals surface area contributed by atoms with Gasteiger partial charge in [-0.1, -0.05) is 0 Å². The van der Waals surface area contributed by atoms with Gasteiger partial charge in [0, 0.05) is 24.4 Å². The molecule has 6 heteroatoms. The molecule has 122 valence electrons. The van der Waals surface area contributed by atoms with Crippen LogP contribution in [0.2, 0.25) is 0 Å². The van der Waals surface area contributed by atoms with Crippen LogP contribution in [0.3, 0.4) is 0 Å². The maximum Gasteiger partial charge on any atom is 0.498 e. The first-order chi connectivity index (χ1) is 10.3. The summed E-state index contributed by atoms with van der Waals surface area (Å²) in [6.45, 7) is 9.05. The Morgan fingerprint density at radius 2 is 1.77 bits per heavy atom. The zero-order valence-corrected chi connectivity index (χ0v) is 14.0. The second-order valence-electron chi connectivity index (χ2n) is 7.70. The highest BCUT2D eigenvalue weighted by atomic mass is 19.1. The van der Waals surface area contributed by atoms with Crippen LogP contribution in [0.15, 0.2) is 12.4 Å². The van der Waals surface area contributed by atoms with Gasteiger partial charge >= 0.3 is 7.12 Å². The van der Waals surface area contributed by atoms with Crippen LogP contribution >= 0.6 is 0 Å². The zero-order chi connectivity index (χ0) is 16.0. The molecule has 1 aliphatic heterocycles.